The zero-order valence-electron chi connectivity index (χ0n) is 20.9. The van der Waals surface area contributed by atoms with Crippen LogP contribution in [-0.2, 0) is 16.1 Å². The first-order valence-electron chi connectivity index (χ1n) is 11.7. The Morgan fingerprint density at radius 1 is 1.22 bits per heavy atom. The molecule has 1 aliphatic heterocycles. The second kappa shape index (κ2) is 11.3. The number of hydrogen-bond acceptors (Lipinski definition) is 8. The highest BCUT2D eigenvalue weighted by Gasteiger charge is 2.35. The Labute approximate surface area is 215 Å². The summed E-state index contributed by atoms with van der Waals surface area (Å²) in [7, 11) is 1.60. The van der Waals surface area contributed by atoms with Crippen molar-refractivity contribution >= 4 is 23.7 Å². The predicted molar refractivity (Wildman–Crippen MR) is 141 cm³/mol. The number of fused-ring (bicyclic) bond motifs is 1. The third-order valence-electron chi connectivity index (χ3n) is 5.81. The monoisotopic (exact) mass is 506 g/mol. The Kier molecular flexibility index (Phi) is 8.00. The van der Waals surface area contributed by atoms with Crippen LogP contribution in [0.25, 0.3) is 0 Å². The van der Waals surface area contributed by atoms with Crippen LogP contribution in [0.1, 0.15) is 36.6 Å². The van der Waals surface area contributed by atoms with E-state index in [0.29, 0.717) is 40.5 Å². The fraction of sp³-hybridized carbons (Fsp3) is 0.296. The molecule has 0 aliphatic carbocycles. The van der Waals surface area contributed by atoms with E-state index >= 15 is 0 Å². The molecule has 0 bridgehead atoms. The molecule has 9 heteroatoms. The summed E-state index contributed by atoms with van der Waals surface area (Å²) in [5.74, 6) is 2.11. The number of benzene rings is 2. The number of hydrogen-bond donors (Lipinski definition) is 1. The average molecular weight is 507 g/mol. The lowest BCUT2D eigenvalue weighted by atomic mass is 9.95. The molecule has 1 aliphatic rings. The van der Waals surface area contributed by atoms with Crippen LogP contribution < -0.4 is 14.8 Å². The molecule has 0 fully saturated rings. The van der Waals surface area contributed by atoms with Crippen LogP contribution in [0, 0.1) is 6.92 Å². The highest BCUT2D eigenvalue weighted by molar-refractivity contribution is 7.99. The Balaban J connectivity index is 1.72. The molecule has 8 nitrogen and oxygen atoms in total. The first kappa shape index (κ1) is 25.4. The number of anilines is 1. The van der Waals surface area contributed by atoms with E-state index < -0.39 is 12.0 Å². The fourth-order valence-corrected chi connectivity index (χ4v) is 4.56. The van der Waals surface area contributed by atoms with E-state index in [2.05, 4.69) is 35.0 Å². The predicted octanol–water partition coefficient (Wildman–Crippen LogP) is 5.30. The summed E-state index contributed by atoms with van der Waals surface area (Å²) in [5, 5.41) is 8.51. The van der Waals surface area contributed by atoms with Gasteiger partial charge in [-0.2, -0.15) is 4.98 Å². The maximum absolute atomic E-state index is 13.1. The van der Waals surface area contributed by atoms with Gasteiger partial charge in [0.2, 0.25) is 11.1 Å². The van der Waals surface area contributed by atoms with Crippen molar-refractivity contribution in [3.63, 3.8) is 0 Å². The molecule has 1 aromatic heterocycles. The molecule has 4 rings (SSSR count). The van der Waals surface area contributed by atoms with E-state index in [4.69, 9.17) is 14.2 Å². The number of carbonyl (C=O) groups excluding carboxylic acids is 1. The molecule has 1 unspecified atom stereocenters. The first-order valence-corrected chi connectivity index (χ1v) is 12.7. The second-order valence-corrected chi connectivity index (χ2v) is 9.41. The van der Waals surface area contributed by atoms with Crippen molar-refractivity contribution in [3.8, 4) is 11.5 Å². The lowest BCUT2D eigenvalue weighted by molar-refractivity contribution is -0.138. The van der Waals surface area contributed by atoms with E-state index in [-0.39, 0.29) is 6.61 Å². The minimum absolute atomic E-state index is 0.110. The minimum Gasteiger partial charge on any atom is -0.493 e. The van der Waals surface area contributed by atoms with Crippen LogP contribution in [0.3, 0.4) is 0 Å². The largest absolute Gasteiger partial charge is 0.493 e. The van der Waals surface area contributed by atoms with Gasteiger partial charge >= 0.3 is 5.97 Å². The van der Waals surface area contributed by atoms with Gasteiger partial charge in [-0.3, -0.25) is 0 Å². The smallest absolute Gasteiger partial charge is 0.338 e. The van der Waals surface area contributed by atoms with Crippen molar-refractivity contribution in [2.75, 3.05) is 24.8 Å². The zero-order chi connectivity index (χ0) is 25.7. The minimum atomic E-state index is -0.559. The Hall–Kier alpha value is -3.72. The number of aryl methyl sites for hydroxylation is 1. The third-order valence-corrected chi connectivity index (χ3v) is 6.53. The van der Waals surface area contributed by atoms with E-state index in [1.54, 1.807) is 17.9 Å². The van der Waals surface area contributed by atoms with Gasteiger partial charge in [0.15, 0.2) is 11.5 Å². The number of thioether (sulfide) groups is 1. The number of allylic oxidation sites excluding steroid dienone is 1. The summed E-state index contributed by atoms with van der Waals surface area (Å²) < 4.78 is 18.9. The van der Waals surface area contributed by atoms with Gasteiger partial charge in [-0.1, -0.05) is 61.7 Å². The summed E-state index contributed by atoms with van der Waals surface area (Å²) in [6.45, 7) is 10.1. The molecule has 2 heterocycles. The van der Waals surface area contributed by atoms with Gasteiger partial charge in [-0.05, 0) is 48.4 Å². The van der Waals surface area contributed by atoms with Crippen LogP contribution in [-0.4, -0.2) is 40.2 Å². The summed E-state index contributed by atoms with van der Waals surface area (Å²) in [6, 6.07) is 13.2. The van der Waals surface area contributed by atoms with Crippen molar-refractivity contribution < 1.29 is 19.0 Å². The van der Waals surface area contributed by atoms with Crippen LogP contribution >= 0.6 is 11.8 Å². The first-order chi connectivity index (χ1) is 17.5. The SMILES string of the molecule is C=CCOC(=O)C1=C(C)Nc2nc(SCC)nn2C1c1ccc(OCc2ccccc2C)c(OC)c1. The lowest BCUT2D eigenvalue weighted by Gasteiger charge is -2.28. The van der Waals surface area contributed by atoms with E-state index in [0.717, 1.165) is 22.4 Å². The summed E-state index contributed by atoms with van der Waals surface area (Å²) >= 11 is 1.53. The standard InChI is InChI=1S/C27H30N4O4S/c1-6-14-34-25(32)23-18(4)28-26-29-27(36-7-2)30-31(26)24(23)19-12-13-21(22(15-19)33-5)35-16-20-11-9-8-10-17(20)3/h6,8-13,15,24H,1,7,14,16H2,2-5H3,(H,28,29,30). The Bertz CT molecular complexity index is 1300. The molecule has 0 spiro atoms. The number of nitrogens with zero attached hydrogens (tertiary/aromatic N) is 3. The van der Waals surface area contributed by atoms with E-state index in [9.17, 15) is 4.79 Å². The average Bonchev–Trinajstić information content (AvgIpc) is 3.28. The van der Waals surface area contributed by atoms with Crippen molar-refractivity contribution in [2.45, 2.75) is 38.6 Å². The summed E-state index contributed by atoms with van der Waals surface area (Å²) in [4.78, 5) is 17.7. The molecular weight excluding hydrogens is 476 g/mol. The quantitative estimate of drug-likeness (QED) is 0.225. The zero-order valence-corrected chi connectivity index (χ0v) is 21.7. The number of ether oxygens (including phenoxy) is 3. The second-order valence-electron chi connectivity index (χ2n) is 8.17. The van der Waals surface area contributed by atoms with Crippen molar-refractivity contribution in [1.29, 1.82) is 0 Å². The molecule has 1 N–H and O–H groups in total. The normalized spacial score (nSPS) is 14.6. The topological polar surface area (TPSA) is 87.5 Å². The Morgan fingerprint density at radius 3 is 2.75 bits per heavy atom. The van der Waals surface area contributed by atoms with Gasteiger partial charge in [0.05, 0.1) is 12.7 Å². The molecule has 0 radical (unpaired) electrons. The maximum Gasteiger partial charge on any atom is 0.338 e. The maximum atomic E-state index is 13.1. The van der Waals surface area contributed by atoms with Gasteiger partial charge in [0.25, 0.3) is 0 Å². The fourth-order valence-electron chi connectivity index (χ4n) is 4.01. The van der Waals surface area contributed by atoms with Gasteiger partial charge in [0.1, 0.15) is 19.3 Å². The number of esters is 1. The van der Waals surface area contributed by atoms with Crippen LogP contribution in [0.2, 0.25) is 0 Å². The van der Waals surface area contributed by atoms with Crippen LogP contribution in [0.15, 0.2) is 71.5 Å². The van der Waals surface area contributed by atoms with E-state index in [1.807, 2.05) is 50.2 Å². The Morgan fingerprint density at radius 2 is 2.03 bits per heavy atom. The number of aromatic nitrogens is 3. The highest BCUT2D eigenvalue weighted by atomic mass is 32.2. The van der Waals surface area contributed by atoms with Crippen LogP contribution in [0.4, 0.5) is 5.95 Å². The lowest BCUT2D eigenvalue weighted by Crippen LogP contribution is -2.29. The molecular formula is C27H30N4O4S. The molecule has 0 amide bonds. The molecule has 1 atom stereocenters. The molecule has 0 saturated carbocycles. The molecule has 0 saturated heterocycles. The summed E-state index contributed by atoms with van der Waals surface area (Å²) in [6.07, 6.45) is 1.54. The van der Waals surface area contributed by atoms with Gasteiger partial charge < -0.3 is 19.5 Å². The van der Waals surface area contributed by atoms with Crippen molar-refractivity contribution in [1.82, 2.24) is 14.8 Å². The number of nitrogens with one attached hydrogen (secondary N) is 1. The van der Waals surface area contributed by atoms with Gasteiger partial charge in [0, 0.05) is 5.70 Å². The molecule has 188 valence electrons. The van der Waals surface area contributed by atoms with Gasteiger partial charge in [-0.15, -0.1) is 5.10 Å². The molecule has 36 heavy (non-hydrogen) atoms. The van der Waals surface area contributed by atoms with Gasteiger partial charge in [-0.25, -0.2) is 9.48 Å². The summed E-state index contributed by atoms with van der Waals surface area (Å²) in [5.41, 5.74) is 4.14. The van der Waals surface area contributed by atoms with E-state index in [1.165, 1.54) is 11.8 Å². The number of methoxy groups -OCH3 is 1. The third kappa shape index (κ3) is 5.26. The number of carbonyl (C=O) groups is 1. The highest BCUT2D eigenvalue weighted by Crippen LogP contribution is 2.40. The molecule has 2 aromatic carbocycles. The van der Waals surface area contributed by atoms with Crippen molar-refractivity contribution in [3.05, 3.63) is 83.1 Å². The van der Waals surface area contributed by atoms with Crippen LogP contribution in [0.5, 0.6) is 11.5 Å². The molecule has 3 aromatic rings. The van der Waals surface area contributed by atoms with Crippen molar-refractivity contribution in [2.24, 2.45) is 0 Å². The number of rotatable bonds is 10.